The molecule has 126 valence electrons. The number of anilines is 1. The monoisotopic (exact) mass is 360 g/mol. The zero-order chi connectivity index (χ0) is 17.7. The molecular formula is C21H13ClN2O2. The fraction of sp³-hybridized carbons (Fsp3) is 0.0476. The first-order chi connectivity index (χ1) is 12.7. The number of oxazole rings is 1. The van der Waals surface area contributed by atoms with E-state index in [9.17, 15) is 4.79 Å². The van der Waals surface area contributed by atoms with Crippen LogP contribution in [0.5, 0.6) is 0 Å². The van der Waals surface area contributed by atoms with Crippen LogP contribution >= 0.6 is 11.6 Å². The maximum Gasteiger partial charge on any atom is 0.258 e. The van der Waals surface area contributed by atoms with Gasteiger partial charge in [-0.15, -0.1) is 0 Å². The summed E-state index contributed by atoms with van der Waals surface area (Å²) in [7, 11) is 0. The van der Waals surface area contributed by atoms with Crippen molar-refractivity contribution in [2.24, 2.45) is 0 Å². The minimum Gasteiger partial charge on any atom is -0.436 e. The zero-order valence-corrected chi connectivity index (χ0v) is 14.4. The molecule has 0 unspecified atom stereocenters. The largest absolute Gasteiger partial charge is 0.436 e. The first kappa shape index (κ1) is 15.2. The predicted molar refractivity (Wildman–Crippen MR) is 101 cm³/mol. The SMILES string of the molecule is O=C1c2ccccc2CN1c1ccc2nc(-c3cccc(Cl)c3)oc2c1. The van der Waals surface area contributed by atoms with Gasteiger partial charge in [-0.05, 0) is 42.0 Å². The van der Waals surface area contributed by atoms with Crippen LogP contribution in [-0.4, -0.2) is 10.9 Å². The molecular weight excluding hydrogens is 348 g/mol. The summed E-state index contributed by atoms with van der Waals surface area (Å²) in [6.07, 6.45) is 0. The van der Waals surface area contributed by atoms with Crippen LogP contribution in [0, 0.1) is 0 Å². The second kappa shape index (κ2) is 5.71. The molecule has 0 N–H and O–H groups in total. The van der Waals surface area contributed by atoms with E-state index in [1.807, 2.05) is 66.7 Å². The van der Waals surface area contributed by atoms with Crippen LogP contribution in [0.4, 0.5) is 5.69 Å². The number of amides is 1. The van der Waals surface area contributed by atoms with E-state index in [-0.39, 0.29) is 5.91 Å². The second-order valence-corrected chi connectivity index (χ2v) is 6.67. The third-order valence-electron chi connectivity index (χ3n) is 4.58. The van der Waals surface area contributed by atoms with Gasteiger partial charge in [-0.3, -0.25) is 4.79 Å². The summed E-state index contributed by atoms with van der Waals surface area (Å²) in [6.45, 7) is 0.565. The van der Waals surface area contributed by atoms with E-state index in [0.717, 1.165) is 27.9 Å². The van der Waals surface area contributed by atoms with E-state index in [1.165, 1.54) is 0 Å². The second-order valence-electron chi connectivity index (χ2n) is 6.23. The van der Waals surface area contributed by atoms with Crippen LogP contribution in [0.25, 0.3) is 22.6 Å². The van der Waals surface area contributed by atoms with Gasteiger partial charge in [0.1, 0.15) is 5.52 Å². The molecule has 1 aliphatic heterocycles. The Kier molecular flexibility index (Phi) is 3.33. The Morgan fingerprint density at radius 2 is 1.88 bits per heavy atom. The molecule has 1 aromatic heterocycles. The maximum atomic E-state index is 12.7. The normalized spacial score (nSPS) is 13.4. The topological polar surface area (TPSA) is 46.3 Å². The summed E-state index contributed by atoms with van der Waals surface area (Å²) in [6, 6.07) is 20.7. The van der Waals surface area contributed by atoms with Gasteiger partial charge >= 0.3 is 0 Å². The van der Waals surface area contributed by atoms with Crippen LogP contribution in [-0.2, 0) is 6.54 Å². The molecule has 0 bridgehead atoms. The molecule has 0 atom stereocenters. The van der Waals surface area contributed by atoms with Crippen molar-refractivity contribution in [1.82, 2.24) is 4.98 Å². The highest BCUT2D eigenvalue weighted by Crippen LogP contribution is 2.32. The summed E-state index contributed by atoms with van der Waals surface area (Å²) in [5.74, 6) is 0.519. The van der Waals surface area contributed by atoms with Crippen molar-refractivity contribution < 1.29 is 9.21 Å². The Bertz CT molecular complexity index is 1170. The molecule has 0 fully saturated rings. The number of hydrogen-bond donors (Lipinski definition) is 0. The predicted octanol–water partition coefficient (Wildman–Crippen LogP) is 5.31. The van der Waals surface area contributed by atoms with E-state index in [4.69, 9.17) is 16.0 Å². The summed E-state index contributed by atoms with van der Waals surface area (Å²) in [5, 5.41) is 0.630. The number of halogens is 1. The van der Waals surface area contributed by atoms with Gasteiger partial charge in [0.2, 0.25) is 5.89 Å². The Balaban J connectivity index is 1.54. The van der Waals surface area contributed by atoms with Gasteiger partial charge in [-0.25, -0.2) is 4.98 Å². The molecule has 0 radical (unpaired) electrons. The van der Waals surface area contributed by atoms with Gasteiger partial charge in [-0.1, -0.05) is 35.9 Å². The molecule has 1 amide bonds. The molecule has 4 nitrogen and oxygen atoms in total. The molecule has 1 aliphatic rings. The molecule has 4 aromatic rings. The Morgan fingerprint density at radius 3 is 2.73 bits per heavy atom. The number of benzene rings is 3. The lowest BCUT2D eigenvalue weighted by Crippen LogP contribution is -2.22. The van der Waals surface area contributed by atoms with E-state index >= 15 is 0 Å². The Morgan fingerprint density at radius 1 is 1.00 bits per heavy atom. The summed E-state index contributed by atoms with van der Waals surface area (Å²) in [4.78, 5) is 18.9. The molecule has 0 aliphatic carbocycles. The summed E-state index contributed by atoms with van der Waals surface area (Å²) in [5.41, 5.74) is 4.79. The van der Waals surface area contributed by atoms with Gasteiger partial charge in [0.25, 0.3) is 5.91 Å². The average Bonchev–Trinajstić information content (AvgIpc) is 3.23. The van der Waals surface area contributed by atoms with Gasteiger partial charge in [0, 0.05) is 27.9 Å². The molecule has 5 rings (SSSR count). The fourth-order valence-corrected chi connectivity index (χ4v) is 3.48. The van der Waals surface area contributed by atoms with Crippen LogP contribution in [0.2, 0.25) is 5.02 Å². The van der Waals surface area contributed by atoms with Crippen molar-refractivity contribution in [3.63, 3.8) is 0 Å². The Labute approximate surface area is 154 Å². The third kappa shape index (κ3) is 2.38. The van der Waals surface area contributed by atoms with Crippen LogP contribution in [0.1, 0.15) is 15.9 Å². The third-order valence-corrected chi connectivity index (χ3v) is 4.81. The smallest absolute Gasteiger partial charge is 0.258 e. The van der Waals surface area contributed by atoms with Crippen molar-refractivity contribution in [3.05, 3.63) is 82.9 Å². The highest BCUT2D eigenvalue weighted by atomic mass is 35.5. The van der Waals surface area contributed by atoms with Crippen LogP contribution in [0.3, 0.4) is 0 Å². The molecule has 2 heterocycles. The lowest BCUT2D eigenvalue weighted by atomic mass is 10.1. The van der Waals surface area contributed by atoms with E-state index in [0.29, 0.717) is 23.0 Å². The highest BCUT2D eigenvalue weighted by Gasteiger charge is 2.28. The number of hydrogen-bond acceptors (Lipinski definition) is 3. The molecule has 0 spiro atoms. The molecule has 5 heteroatoms. The quantitative estimate of drug-likeness (QED) is 0.486. The lowest BCUT2D eigenvalue weighted by Gasteiger charge is -2.15. The maximum absolute atomic E-state index is 12.7. The van der Waals surface area contributed by atoms with Crippen molar-refractivity contribution >= 4 is 34.3 Å². The number of aromatic nitrogens is 1. The number of carbonyl (C=O) groups excluding carboxylic acids is 1. The zero-order valence-electron chi connectivity index (χ0n) is 13.6. The Hall–Kier alpha value is -3.11. The lowest BCUT2D eigenvalue weighted by molar-refractivity contribution is 0.0996. The van der Waals surface area contributed by atoms with Gasteiger partial charge in [-0.2, -0.15) is 0 Å². The van der Waals surface area contributed by atoms with Gasteiger partial charge < -0.3 is 9.32 Å². The summed E-state index contributed by atoms with van der Waals surface area (Å²) < 4.78 is 5.91. The minimum atomic E-state index is 0.00882. The molecule has 3 aromatic carbocycles. The van der Waals surface area contributed by atoms with Crippen molar-refractivity contribution in [1.29, 1.82) is 0 Å². The van der Waals surface area contributed by atoms with Gasteiger partial charge in [0.05, 0.1) is 6.54 Å². The van der Waals surface area contributed by atoms with E-state index < -0.39 is 0 Å². The van der Waals surface area contributed by atoms with Crippen LogP contribution < -0.4 is 4.90 Å². The van der Waals surface area contributed by atoms with Gasteiger partial charge in [0.15, 0.2) is 5.58 Å². The fourth-order valence-electron chi connectivity index (χ4n) is 3.29. The van der Waals surface area contributed by atoms with Crippen molar-refractivity contribution in [3.8, 4) is 11.5 Å². The summed E-state index contributed by atoms with van der Waals surface area (Å²) >= 11 is 6.05. The van der Waals surface area contributed by atoms with Crippen molar-refractivity contribution in [2.75, 3.05) is 4.90 Å². The first-order valence-corrected chi connectivity index (χ1v) is 8.63. The van der Waals surface area contributed by atoms with Crippen molar-refractivity contribution in [2.45, 2.75) is 6.54 Å². The number of carbonyl (C=O) groups is 1. The average molecular weight is 361 g/mol. The molecule has 26 heavy (non-hydrogen) atoms. The highest BCUT2D eigenvalue weighted by molar-refractivity contribution is 6.30. The standard InChI is InChI=1S/C21H13ClN2O2/c22-15-6-3-5-13(10-15)20-23-18-9-8-16(11-19(18)26-20)24-12-14-4-1-2-7-17(14)21(24)25/h1-11H,12H2. The minimum absolute atomic E-state index is 0.00882. The number of fused-ring (bicyclic) bond motifs is 2. The molecule has 0 saturated heterocycles. The number of rotatable bonds is 2. The number of nitrogens with zero attached hydrogens (tertiary/aromatic N) is 2. The van der Waals surface area contributed by atoms with Crippen LogP contribution in [0.15, 0.2) is 71.1 Å². The molecule has 0 saturated carbocycles. The first-order valence-electron chi connectivity index (χ1n) is 8.25. The van der Waals surface area contributed by atoms with E-state index in [1.54, 1.807) is 4.90 Å². The van der Waals surface area contributed by atoms with E-state index in [2.05, 4.69) is 4.98 Å².